The van der Waals surface area contributed by atoms with Crippen LogP contribution < -0.4 is 10.5 Å². The number of rotatable bonds is 8. The van der Waals surface area contributed by atoms with E-state index in [1.165, 1.54) is 0 Å². The predicted molar refractivity (Wildman–Crippen MR) is 82.1 cm³/mol. The number of oxime groups is 1. The first-order valence-corrected chi connectivity index (χ1v) is 8.15. The van der Waals surface area contributed by atoms with E-state index >= 15 is 0 Å². The quantitative estimate of drug-likeness (QED) is 0.288. The third-order valence-corrected chi connectivity index (χ3v) is 3.80. The van der Waals surface area contributed by atoms with Gasteiger partial charge in [0.2, 0.25) is 10.0 Å². The smallest absolute Gasteiger partial charge is 0.234 e. The second-order valence-electron chi connectivity index (χ2n) is 4.81. The summed E-state index contributed by atoms with van der Waals surface area (Å²) in [5.74, 6) is -0.00833. The lowest BCUT2D eigenvalue weighted by Gasteiger charge is -2.10. The summed E-state index contributed by atoms with van der Waals surface area (Å²) in [6.07, 6.45) is 0.296. The van der Waals surface area contributed by atoms with Crippen molar-refractivity contribution >= 4 is 21.5 Å². The summed E-state index contributed by atoms with van der Waals surface area (Å²) in [5.41, 5.74) is 6.68. The largest absolute Gasteiger partial charge is 0.409 e. The van der Waals surface area contributed by atoms with Crippen molar-refractivity contribution in [2.75, 3.05) is 17.1 Å². The Balaban J connectivity index is 2.58. The van der Waals surface area contributed by atoms with Crippen molar-refractivity contribution in [3.05, 3.63) is 29.8 Å². The molecule has 8 heteroatoms. The standard InChI is InChI=1S/C13H21N3O4S/c1-10(2)20-7-8-21(18,19)16-12-5-3-11(4-6-12)9-13(14)15-17/h3-6,10,16-17H,7-9H2,1-2H3,(H2,14,15). The Morgan fingerprint density at radius 3 is 2.52 bits per heavy atom. The average Bonchev–Trinajstić information content (AvgIpc) is 2.39. The fourth-order valence-electron chi connectivity index (χ4n) is 1.56. The van der Waals surface area contributed by atoms with Crippen LogP contribution in [0.1, 0.15) is 19.4 Å². The molecule has 1 aromatic carbocycles. The first-order valence-electron chi connectivity index (χ1n) is 6.50. The maximum atomic E-state index is 11.8. The number of sulfonamides is 1. The van der Waals surface area contributed by atoms with E-state index in [1.807, 2.05) is 13.8 Å². The molecular weight excluding hydrogens is 294 g/mol. The van der Waals surface area contributed by atoms with Crippen molar-refractivity contribution in [2.45, 2.75) is 26.4 Å². The minimum absolute atomic E-state index is 0.00173. The van der Waals surface area contributed by atoms with Crippen molar-refractivity contribution in [2.24, 2.45) is 10.9 Å². The summed E-state index contributed by atoms with van der Waals surface area (Å²) in [6, 6.07) is 6.67. The van der Waals surface area contributed by atoms with E-state index < -0.39 is 10.0 Å². The molecule has 0 saturated heterocycles. The molecule has 0 bridgehead atoms. The summed E-state index contributed by atoms with van der Waals surface area (Å²) >= 11 is 0. The number of benzene rings is 1. The normalized spacial score (nSPS) is 12.6. The van der Waals surface area contributed by atoms with Gasteiger partial charge in [0.25, 0.3) is 0 Å². The second-order valence-corrected chi connectivity index (χ2v) is 6.65. The third kappa shape index (κ3) is 6.96. The summed E-state index contributed by atoms with van der Waals surface area (Å²) in [6.45, 7) is 3.84. The number of ether oxygens (including phenoxy) is 1. The molecule has 0 amide bonds. The van der Waals surface area contributed by atoms with Gasteiger partial charge in [0.15, 0.2) is 0 Å². The summed E-state index contributed by atoms with van der Waals surface area (Å²) in [7, 11) is -3.43. The molecule has 0 atom stereocenters. The molecule has 7 nitrogen and oxygen atoms in total. The minimum atomic E-state index is -3.43. The number of nitrogens with one attached hydrogen (secondary N) is 1. The number of amidine groups is 1. The Hall–Kier alpha value is -1.80. The Bertz CT molecular complexity index is 568. The number of nitrogens with zero attached hydrogens (tertiary/aromatic N) is 1. The number of hydrogen-bond donors (Lipinski definition) is 3. The summed E-state index contributed by atoms with van der Waals surface area (Å²) in [5, 5.41) is 11.4. The summed E-state index contributed by atoms with van der Waals surface area (Å²) in [4.78, 5) is 0. The lowest BCUT2D eigenvalue weighted by molar-refractivity contribution is 0.0913. The highest BCUT2D eigenvalue weighted by atomic mass is 32.2. The number of nitrogens with two attached hydrogens (primary N) is 1. The zero-order chi connectivity index (χ0) is 15.9. The molecule has 0 fully saturated rings. The van der Waals surface area contributed by atoms with E-state index in [0.717, 1.165) is 5.56 Å². The Morgan fingerprint density at radius 1 is 1.38 bits per heavy atom. The first-order chi connectivity index (χ1) is 9.82. The van der Waals surface area contributed by atoms with Gasteiger partial charge >= 0.3 is 0 Å². The molecule has 21 heavy (non-hydrogen) atoms. The molecule has 0 unspecified atom stereocenters. The first kappa shape index (κ1) is 17.3. The van der Waals surface area contributed by atoms with Crippen molar-refractivity contribution in [1.82, 2.24) is 0 Å². The Morgan fingerprint density at radius 2 is 2.00 bits per heavy atom. The van der Waals surface area contributed by atoms with Gasteiger partial charge in [-0.1, -0.05) is 17.3 Å². The highest BCUT2D eigenvalue weighted by Gasteiger charge is 2.11. The molecular formula is C13H21N3O4S. The lowest BCUT2D eigenvalue weighted by Crippen LogP contribution is -2.21. The van der Waals surface area contributed by atoms with E-state index in [2.05, 4.69) is 9.88 Å². The fourth-order valence-corrected chi connectivity index (χ4v) is 2.47. The topological polar surface area (TPSA) is 114 Å². The van der Waals surface area contributed by atoms with Crippen LogP contribution in [-0.4, -0.2) is 37.9 Å². The van der Waals surface area contributed by atoms with Crippen LogP contribution in [-0.2, 0) is 21.2 Å². The van der Waals surface area contributed by atoms with Crippen LogP contribution in [0, 0.1) is 0 Å². The molecule has 0 aliphatic heterocycles. The molecule has 0 aliphatic carbocycles. The van der Waals surface area contributed by atoms with Gasteiger partial charge in [-0.25, -0.2) is 8.42 Å². The van der Waals surface area contributed by atoms with Gasteiger partial charge in [-0.2, -0.15) is 0 Å². The van der Waals surface area contributed by atoms with Crippen molar-refractivity contribution in [3.63, 3.8) is 0 Å². The molecule has 4 N–H and O–H groups in total. The van der Waals surface area contributed by atoms with Gasteiger partial charge in [0.1, 0.15) is 5.84 Å². The SMILES string of the molecule is CC(C)OCCS(=O)(=O)Nc1ccc(CC(N)=NO)cc1. The van der Waals surface area contributed by atoms with Crippen molar-refractivity contribution in [3.8, 4) is 0 Å². The van der Waals surface area contributed by atoms with Crippen LogP contribution in [0.2, 0.25) is 0 Å². The van der Waals surface area contributed by atoms with Crippen molar-refractivity contribution < 1.29 is 18.4 Å². The third-order valence-electron chi connectivity index (χ3n) is 2.54. The van der Waals surface area contributed by atoms with E-state index in [-0.39, 0.29) is 24.3 Å². The Labute approximate surface area is 124 Å². The number of anilines is 1. The van der Waals surface area contributed by atoms with Crippen LogP contribution >= 0.6 is 0 Å². The van der Waals surface area contributed by atoms with Gasteiger partial charge in [-0.05, 0) is 31.5 Å². The van der Waals surface area contributed by atoms with Gasteiger partial charge in [-0.15, -0.1) is 0 Å². The molecule has 1 rings (SSSR count). The average molecular weight is 315 g/mol. The van der Waals surface area contributed by atoms with Crippen LogP contribution in [0.5, 0.6) is 0 Å². The monoisotopic (exact) mass is 315 g/mol. The highest BCUT2D eigenvalue weighted by molar-refractivity contribution is 7.92. The molecule has 0 aliphatic rings. The summed E-state index contributed by atoms with van der Waals surface area (Å²) < 4.78 is 31.3. The van der Waals surface area contributed by atoms with Crippen LogP contribution in [0.3, 0.4) is 0 Å². The van der Waals surface area contributed by atoms with E-state index in [0.29, 0.717) is 12.1 Å². The fraction of sp³-hybridized carbons (Fsp3) is 0.462. The molecule has 118 valence electrons. The predicted octanol–water partition coefficient (Wildman–Crippen LogP) is 1.14. The maximum absolute atomic E-state index is 11.8. The van der Waals surface area contributed by atoms with Gasteiger partial charge in [0, 0.05) is 12.1 Å². The zero-order valence-electron chi connectivity index (χ0n) is 12.1. The Kier molecular flexibility index (Phi) is 6.44. The highest BCUT2D eigenvalue weighted by Crippen LogP contribution is 2.12. The van der Waals surface area contributed by atoms with E-state index in [1.54, 1.807) is 24.3 Å². The van der Waals surface area contributed by atoms with Gasteiger partial charge in [-0.3, -0.25) is 4.72 Å². The van der Waals surface area contributed by atoms with E-state index in [4.69, 9.17) is 15.7 Å². The molecule has 0 aromatic heterocycles. The second kappa shape index (κ2) is 7.84. The van der Waals surface area contributed by atoms with Crippen molar-refractivity contribution in [1.29, 1.82) is 0 Å². The maximum Gasteiger partial charge on any atom is 0.234 e. The van der Waals surface area contributed by atoms with Crippen LogP contribution in [0.4, 0.5) is 5.69 Å². The molecule has 0 heterocycles. The lowest BCUT2D eigenvalue weighted by atomic mass is 10.1. The minimum Gasteiger partial charge on any atom is -0.409 e. The molecule has 1 aromatic rings. The zero-order valence-corrected chi connectivity index (χ0v) is 12.9. The molecule has 0 saturated carbocycles. The van der Waals surface area contributed by atoms with E-state index in [9.17, 15) is 8.42 Å². The van der Waals surface area contributed by atoms with Crippen LogP contribution in [0.15, 0.2) is 29.4 Å². The van der Waals surface area contributed by atoms with Crippen LogP contribution in [0.25, 0.3) is 0 Å². The molecule has 0 spiro atoms. The number of hydrogen-bond acceptors (Lipinski definition) is 5. The molecule has 0 radical (unpaired) electrons. The van der Waals surface area contributed by atoms with Gasteiger partial charge < -0.3 is 15.7 Å². The van der Waals surface area contributed by atoms with Gasteiger partial charge in [0.05, 0.1) is 18.5 Å².